The Morgan fingerprint density at radius 1 is 0.784 bits per heavy atom. The predicted molar refractivity (Wildman–Crippen MR) is 147 cm³/mol. The first-order chi connectivity index (χ1) is 18.1. The highest BCUT2D eigenvalue weighted by Crippen LogP contribution is 2.25. The quantitative estimate of drug-likeness (QED) is 0.121. The van der Waals surface area contributed by atoms with Crippen LogP contribution < -0.4 is 9.47 Å². The maximum Gasteiger partial charge on any atom is 0.343 e. The molecule has 0 bridgehead atoms. The molecule has 0 heterocycles. The Morgan fingerprint density at radius 2 is 1.43 bits per heavy atom. The minimum absolute atomic E-state index is 0.0483. The summed E-state index contributed by atoms with van der Waals surface area (Å²) < 4.78 is 25.6. The van der Waals surface area contributed by atoms with Crippen molar-refractivity contribution in [3.63, 3.8) is 0 Å². The highest BCUT2D eigenvalue weighted by Gasteiger charge is 2.13. The third-order valence-corrected chi connectivity index (χ3v) is 6.40. The van der Waals surface area contributed by atoms with Crippen LogP contribution in [-0.2, 0) is 6.42 Å². The lowest BCUT2D eigenvalue weighted by Gasteiger charge is -2.09. The summed E-state index contributed by atoms with van der Waals surface area (Å²) in [6.07, 6.45) is 10.5. The highest BCUT2D eigenvalue weighted by atomic mass is 19.1. The Hall–Kier alpha value is -3.18. The normalized spacial score (nSPS) is 10.9. The number of ether oxygens (including phenoxy) is 2. The van der Waals surface area contributed by atoms with Gasteiger partial charge in [0, 0.05) is 6.61 Å². The zero-order valence-corrected chi connectivity index (χ0v) is 21.9. The molecule has 0 amide bonds. The van der Waals surface area contributed by atoms with Gasteiger partial charge in [-0.3, -0.25) is 0 Å². The number of esters is 1. The lowest BCUT2D eigenvalue weighted by molar-refractivity contribution is 0.0728. The maximum absolute atomic E-state index is 14.5. The first-order valence-corrected chi connectivity index (χ1v) is 13.6. The number of benzene rings is 3. The predicted octanol–water partition coefficient (Wildman–Crippen LogP) is 8.16. The number of carbonyl (C=O) groups excluding carboxylic acids is 1. The van der Waals surface area contributed by atoms with Gasteiger partial charge in [0.05, 0.1) is 12.2 Å². The summed E-state index contributed by atoms with van der Waals surface area (Å²) >= 11 is 0. The average Bonchev–Trinajstić information content (AvgIpc) is 2.92. The number of carbonyl (C=O) groups is 1. The van der Waals surface area contributed by atoms with Crippen LogP contribution in [0.3, 0.4) is 0 Å². The smallest absolute Gasteiger partial charge is 0.343 e. The average molecular weight is 507 g/mol. The monoisotopic (exact) mass is 506 g/mol. The molecule has 0 spiro atoms. The summed E-state index contributed by atoms with van der Waals surface area (Å²) in [4.78, 5) is 12.6. The molecule has 37 heavy (non-hydrogen) atoms. The van der Waals surface area contributed by atoms with Crippen LogP contribution in [0.15, 0.2) is 66.7 Å². The second-order valence-electron chi connectivity index (χ2n) is 9.41. The van der Waals surface area contributed by atoms with E-state index in [1.165, 1.54) is 25.3 Å². The molecule has 0 aromatic heterocycles. The van der Waals surface area contributed by atoms with Crippen LogP contribution in [0, 0.1) is 5.82 Å². The van der Waals surface area contributed by atoms with E-state index < -0.39 is 11.8 Å². The molecule has 198 valence electrons. The van der Waals surface area contributed by atoms with Crippen LogP contribution in [0.2, 0.25) is 0 Å². The van der Waals surface area contributed by atoms with Crippen molar-refractivity contribution >= 4 is 5.97 Å². The van der Waals surface area contributed by atoms with E-state index in [0.29, 0.717) is 12.2 Å². The molecule has 3 rings (SSSR count). The van der Waals surface area contributed by atoms with Crippen molar-refractivity contribution in [2.24, 2.45) is 0 Å². The molecule has 0 fully saturated rings. The van der Waals surface area contributed by atoms with E-state index in [1.54, 1.807) is 18.2 Å². The fourth-order valence-corrected chi connectivity index (χ4v) is 4.17. The third kappa shape index (κ3) is 9.66. The molecule has 4 nitrogen and oxygen atoms in total. The molecule has 0 unspecified atom stereocenters. The number of rotatable bonds is 16. The topological polar surface area (TPSA) is 55.8 Å². The van der Waals surface area contributed by atoms with Crippen LogP contribution in [-0.4, -0.2) is 24.3 Å². The lowest BCUT2D eigenvalue weighted by Crippen LogP contribution is -2.09. The van der Waals surface area contributed by atoms with Crippen molar-refractivity contribution in [1.82, 2.24) is 0 Å². The Labute approximate surface area is 220 Å². The minimum atomic E-state index is -0.583. The number of unbranched alkanes of at least 4 members (excludes halogenated alkanes) is 7. The summed E-state index contributed by atoms with van der Waals surface area (Å²) in [5, 5.41) is 8.81. The molecule has 3 aromatic rings. The molecule has 1 N–H and O–H groups in total. The van der Waals surface area contributed by atoms with Crippen molar-refractivity contribution < 1.29 is 23.8 Å². The van der Waals surface area contributed by atoms with E-state index in [0.717, 1.165) is 67.4 Å². The fourth-order valence-electron chi connectivity index (χ4n) is 4.17. The zero-order valence-electron chi connectivity index (χ0n) is 21.9. The number of aliphatic hydroxyl groups is 1. The first kappa shape index (κ1) is 28.4. The first-order valence-electron chi connectivity index (χ1n) is 13.6. The molecular weight excluding hydrogens is 467 g/mol. The van der Waals surface area contributed by atoms with Gasteiger partial charge in [-0.05, 0) is 85.2 Å². The third-order valence-electron chi connectivity index (χ3n) is 6.40. The van der Waals surface area contributed by atoms with E-state index in [4.69, 9.17) is 14.6 Å². The van der Waals surface area contributed by atoms with Gasteiger partial charge in [0.1, 0.15) is 5.75 Å². The Bertz CT molecular complexity index is 1080. The van der Waals surface area contributed by atoms with Gasteiger partial charge in [0.2, 0.25) is 0 Å². The van der Waals surface area contributed by atoms with E-state index in [9.17, 15) is 9.18 Å². The molecule has 0 aliphatic rings. The lowest BCUT2D eigenvalue weighted by atomic mass is 10.0. The summed E-state index contributed by atoms with van der Waals surface area (Å²) in [7, 11) is 0. The van der Waals surface area contributed by atoms with E-state index >= 15 is 0 Å². The van der Waals surface area contributed by atoms with Gasteiger partial charge in [0.15, 0.2) is 11.6 Å². The Morgan fingerprint density at radius 3 is 2.11 bits per heavy atom. The summed E-state index contributed by atoms with van der Waals surface area (Å²) in [5.41, 5.74) is 3.25. The summed E-state index contributed by atoms with van der Waals surface area (Å²) in [6.45, 7) is 3.09. The van der Waals surface area contributed by atoms with E-state index in [-0.39, 0.29) is 12.4 Å². The maximum atomic E-state index is 14.5. The SMILES string of the molecule is CCCCCCCc1ccc(OC(=O)c2ccc(-c3ccc(OCCCCCCO)cc3)cc2)c(F)c1. The van der Waals surface area contributed by atoms with Crippen molar-refractivity contribution in [1.29, 1.82) is 0 Å². The Kier molecular flexibility index (Phi) is 12.1. The number of aryl methyl sites for hydroxylation is 1. The highest BCUT2D eigenvalue weighted by molar-refractivity contribution is 5.91. The standard InChI is InChI=1S/C32H39FO4/c1-2-3-4-5-8-11-25-12-21-31(30(33)24-25)37-32(35)28-15-13-26(14-16-28)27-17-19-29(20-18-27)36-23-10-7-6-9-22-34/h12-21,24,34H,2-11,22-23H2,1H3. The number of hydrogen-bond donors (Lipinski definition) is 1. The molecule has 0 aliphatic carbocycles. The van der Waals surface area contributed by atoms with Crippen molar-refractivity contribution in [2.75, 3.05) is 13.2 Å². The van der Waals surface area contributed by atoms with Crippen LogP contribution in [0.5, 0.6) is 11.5 Å². The van der Waals surface area contributed by atoms with Gasteiger partial charge < -0.3 is 14.6 Å². The number of halogens is 1. The van der Waals surface area contributed by atoms with Gasteiger partial charge in [-0.25, -0.2) is 9.18 Å². The molecule has 0 saturated heterocycles. The van der Waals surface area contributed by atoms with E-state index in [2.05, 4.69) is 6.92 Å². The second-order valence-corrected chi connectivity index (χ2v) is 9.41. The molecule has 0 saturated carbocycles. The van der Waals surface area contributed by atoms with Gasteiger partial charge in [-0.15, -0.1) is 0 Å². The second kappa shape index (κ2) is 15.8. The number of aliphatic hydroxyl groups excluding tert-OH is 1. The van der Waals surface area contributed by atoms with Crippen molar-refractivity contribution in [3.05, 3.63) is 83.7 Å². The molecule has 5 heteroatoms. The largest absolute Gasteiger partial charge is 0.494 e. The zero-order chi connectivity index (χ0) is 26.3. The molecule has 0 aliphatic heterocycles. The molecular formula is C32H39FO4. The van der Waals surface area contributed by atoms with Crippen LogP contribution in [0.25, 0.3) is 11.1 Å². The van der Waals surface area contributed by atoms with Crippen LogP contribution in [0.4, 0.5) is 4.39 Å². The number of hydrogen-bond acceptors (Lipinski definition) is 4. The van der Waals surface area contributed by atoms with Gasteiger partial charge in [-0.1, -0.05) is 69.4 Å². The molecule has 0 atom stereocenters. The van der Waals surface area contributed by atoms with Crippen molar-refractivity contribution in [3.8, 4) is 22.6 Å². The van der Waals surface area contributed by atoms with Gasteiger partial charge in [-0.2, -0.15) is 0 Å². The Balaban J connectivity index is 1.49. The fraction of sp³-hybridized carbons (Fsp3) is 0.406. The van der Waals surface area contributed by atoms with Gasteiger partial charge in [0.25, 0.3) is 0 Å². The molecule has 3 aromatic carbocycles. The molecule has 0 radical (unpaired) electrons. The summed E-state index contributed by atoms with van der Waals surface area (Å²) in [6, 6.07) is 19.8. The van der Waals surface area contributed by atoms with Gasteiger partial charge >= 0.3 is 5.97 Å². The van der Waals surface area contributed by atoms with E-state index in [1.807, 2.05) is 42.5 Å². The summed E-state index contributed by atoms with van der Waals surface area (Å²) in [5.74, 6) is -0.326. The van der Waals surface area contributed by atoms with Crippen LogP contribution >= 0.6 is 0 Å². The van der Waals surface area contributed by atoms with Crippen molar-refractivity contribution in [2.45, 2.75) is 71.1 Å². The van der Waals surface area contributed by atoms with Crippen LogP contribution in [0.1, 0.15) is 80.6 Å². The minimum Gasteiger partial charge on any atom is -0.494 e.